The Labute approximate surface area is 104 Å². The van der Waals surface area contributed by atoms with Crippen molar-refractivity contribution >= 4 is 12.4 Å². The zero-order valence-corrected chi connectivity index (χ0v) is 9.77. The molecule has 1 saturated heterocycles. The molecule has 1 aromatic rings. The quantitative estimate of drug-likeness (QED) is 0.886. The lowest BCUT2D eigenvalue weighted by Gasteiger charge is -2.12. The van der Waals surface area contributed by atoms with E-state index in [0.29, 0.717) is 0 Å². The summed E-state index contributed by atoms with van der Waals surface area (Å²) in [5.41, 5.74) is 1.01. The first kappa shape index (κ1) is 14.1. The number of alkyl halides is 3. The van der Waals surface area contributed by atoms with E-state index in [2.05, 4.69) is 10.1 Å². The highest BCUT2D eigenvalue weighted by Gasteiger charge is 2.31. The number of hydrogen-bond acceptors (Lipinski definition) is 2. The molecule has 17 heavy (non-hydrogen) atoms. The fourth-order valence-electron chi connectivity index (χ4n) is 1.87. The molecule has 0 saturated carbocycles. The van der Waals surface area contributed by atoms with Gasteiger partial charge in [-0.05, 0) is 37.1 Å². The Balaban J connectivity index is 0.00000144. The van der Waals surface area contributed by atoms with Gasteiger partial charge in [-0.3, -0.25) is 0 Å². The van der Waals surface area contributed by atoms with Gasteiger partial charge in [-0.25, -0.2) is 0 Å². The first-order chi connectivity index (χ1) is 7.54. The van der Waals surface area contributed by atoms with Gasteiger partial charge in [0.15, 0.2) is 0 Å². The molecule has 0 aliphatic carbocycles. The maximum Gasteiger partial charge on any atom is 0.573 e. The molecule has 1 fully saturated rings. The predicted octanol–water partition coefficient (Wildman–Crippen LogP) is 3.43. The summed E-state index contributed by atoms with van der Waals surface area (Å²) in [7, 11) is 0. The normalized spacial score (nSPS) is 19.8. The summed E-state index contributed by atoms with van der Waals surface area (Å²) in [6, 6.07) is 6.31. The van der Waals surface area contributed by atoms with Gasteiger partial charge < -0.3 is 10.1 Å². The third-order valence-corrected chi connectivity index (χ3v) is 2.58. The van der Waals surface area contributed by atoms with E-state index in [1.807, 2.05) is 0 Å². The van der Waals surface area contributed by atoms with Gasteiger partial charge in [0.25, 0.3) is 0 Å². The number of ether oxygens (including phenoxy) is 1. The summed E-state index contributed by atoms with van der Waals surface area (Å²) < 4.78 is 39.5. The number of benzene rings is 1. The minimum atomic E-state index is -4.62. The van der Waals surface area contributed by atoms with Crippen LogP contribution in [-0.2, 0) is 0 Å². The zero-order chi connectivity index (χ0) is 11.6. The Bertz CT molecular complexity index is 347. The Morgan fingerprint density at radius 3 is 2.29 bits per heavy atom. The van der Waals surface area contributed by atoms with E-state index in [1.165, 1.54) is 12.1 Å². The van der Waals surface area contributed by atoms with Crippen molar-refractivity contribution in [2.45, 2.75) is 25.2 Å². The number of nitrogens with one attached hydrogen (secondary N) is 1. The SMILES string of the molecule is Cl.FC(F)(F)Oc1ccc([C@@H]2CCCN2)cc1. The fraction of sp³-hybridized carbons (Fsp3) is 0.455. The lowest BCUT2D eigenvalue weighted by Crippen LogP contribution is -2.17. The van der Waals surface area contributed by atoms with Crippen LogP contribution < -0.4 is 10.1 Å². The smallest absolute Gasteiger partial charge is 0.406 e. The van der Waals surface area contributed by atoms with E-state index in [9.17, 15) is 13.2 Å². The molecule has 0 amide bonds. The maximum atomic E-state index is 11.9. The van der Waals surface area contributed by atoms with Crippen LogP contribution in [0.2, 0.25) is 0 Å². The van der Waals surface area contributed by atoms with Crippen LogP contribution in [0.1, 0.15) is 24.4 Å². The summed E-state index contributed by atoms with van der Waals surface area (Å²) in [5, 5.41) is 3.28. The lowest BCUT2D eigenvalue weighted by molar-refractivity contribution is -0.274. The Morgan fingerprint density at radius 2 is 1.82 bits per heavy atom. The van der Waals surface area contributed by atoms with Gasteiger partial charge in [0.1, 0.15) is 5.75 Å². The largest absolute Gasteiger partial charge is 0.573 e. The van der Waals surface area contributed by atoms with Crippen molar-refractivity contribution in [3.63, 3.8) is 0 Å². The average molecular weight is 268 g/mol. The predicted molar refractivity (Wildman–Crippen MR) is 60.4 cm³/mol. The molecular formula is C11H13ClF3NO. The number of rotatable bonds is 2. The molecule has 0 unspecified atom stereocenters. The average Bonchev–Trinajstić information content (AvgIpc) is 2.69. The number of halogens is 4. The molecule has 1 aliphatic heterocycles. The summed E-state index contributed by atoms with van der Waals surface area (Å²) in [4.78, 5) is 0. The molecule has 2 nitrogen and oxygen atoms in total. The second-order valence-electron chi connectivity index (χ2n) is 3.77. The van der Waals surface area contributed by atoms with E-state index < -0.39 is 6.36 Å². The molecule has 1 heterocycles. The van der Waals surface area contributed by atoms with Gasteiger partial charge in [0.05, 0.1) is 0 Å². The highest BCUT2D eigenvalue weighted by atomic mass is 35.5. The summed E-state index contributed by atoms with van der Waals surface area (Å²) in [6.45, 7) is 0.964. The molecule has 1 aliphatic rings. The van der Waals surface area contributed by atoms with E-state index >= 15 is 0 Å². The van der Waals surface area contributed by atoms with Crippen molar-refractivity contribution in [3.05, 3.63) is 29.8 Å². The Hall–Kier alpha value is -0.940. The summed E-state index contributed by atoms with van der Waals surface area (Å²) >= 11 is 0. The van der Waals surface area contributed by atoms with Crippen molar-refractivity contribution in [2.75, 3.05) is 6.54 Å². The summed E-state index contributed by atoms with van der Waals surface area (Å²) in [6.07, 6.45) is -2.49. The minimum Gasteiger partial charge on any atom is -0.406 e. The van der Waals surface area contributed by atoms with Crippen LogP contribution in [0.5, 0.6) is 5.75 Å². The monoisotopic (exact) mass is 267 g/mol. The topological polar surface area (TPSA) is 21.3 Å². The molecule has 2 rings (SSSR count). The van der Waals surface area contributed by atoms with Gasteiger partial charge in [-0.2, -0.15) is 0 Å². The highest BCUT2D eigenvalue weighted by Crippen LogP contribution is 2.27. The molecule has 0 spiro atoms. The second kappa shape index (κ2) is 5.60. The van der Waals surface area contributed by atoms with Crippen LogP contribution in [0.4, 0.5) is 13.2 Å². The van der Waals surface area contributed by atoms with Crippen molar-refractivity contribution in [2.24, 2.45) is 0 Å². The Kier molecular flexibility index (Phi) is 4.65. The van der Waals surface area contributed by atoms with Gasteiger partial charge in [-0.15, -0.1) is 25.6 Å². The van der Waals surface area contributed by atoms with Crippen LogP contribution in [0.3, 0.4) is 0 Å². The first-order valence-corrected chi connectivity index (χ1v) is 5.14. The van der Waals surface area contributed by atoms with Crippen molar-refractivity contribution in [1.29, 1.82) is 0 Å². The molecular weight excluding hydrogens is 255 g/mol. The number of hydrogen-bond donors (Lipinski definition) is 1. The third kappa shape index (κ3) is 4.09. The van der Waals surface area contributed by atoms with Crippen LogP contribution >= 0.6 is 12.4 Å². The zero-order valence-electron chi connectivity index (χ0n) is 8.96. The van der Waals surface area contributed by atoms with E-state index in [-0.39, 0.29) is 24.2 Å². The van der Waals surface area contributed by atoms with E-state index in [4.69, 9.17) is 0 Å². The molecule has 1 atom stereocenters. The molecule has 96 valence electrons. The summed E-state index contributed by atoms with van der Waals surface area (Å²) in [5.74, 6) is -0.172. The standard InChI is InChI=1S/C11H12F3NO.ClH/c12-11(13,14)16-9-5-3-8(4-6-9)10-2-1-7-15-10;/h3-6,10,15H,1-2,7H2;1H/t10-;/m0./s1. The van der Waals surface area contributed by atoms with Crippen LogP contribution in [0, 0.1) is 0 Å². The lowest BCUT2D eigenvalue weighted by atomic mass is 10.1. The minimum absolute atomic E-state index is 0. The van der Waals surface area contributed by atoms with Crippen molar-refractivity contribution < 1.29 is 17.9 Å². The van der Waals surface area contributed by atoms with Crippen molar-refractivity contribution in [3.8, 4) is 5.75 Å². The van der Waals surface area contributed by atoms with Crippen LogP contribution in [0.15, 0.2) is 24.3 Å². The van der Waals surface area contributed by atoms with E-state index in [0.717, 1.165) is 24.9 Å². The third-order valence-electron chi connectivity index (χ3n) is 2.58. The maximum absolute atomic E-state index is 11.9. The van der Waals surface area contributed by atoms with Gasteiger partial charge >= 0.3 is 6.36 Å². The Morgan fingerprint density at radius 1 is 1.18 bits per heavy atom. The molecule has 0 bridgehead atoms. The van der Waals surface area contributed by atoms with Crippen molar-refractivity contribution in [1.82, 2.24) is 5.32 Å². The first-order valence-electron chi connectivity index (χ1n) is 5.14. The highest BCUT2D eigenvalue weighted by molar-refractivity contribution is 5.85. The van der Waals surface area contributed by atoms with Crippen LogP contribution in [0.25, 0.3) is 0 Å². The van der Waals surface area contributed by atoms with E-state index in [1.54, 1.807) is 12.1 Å². The molecule has 6 heteroatoms. The molecule has 0 aromatic heterocycles. The molecule has 1 aromatic carbocycles. The van der Waals surface area contributed by atoms with Crippen LogP contribution in [-0.4, -0.2) is 12.9 Å². The molecule has 1 N–H and O–H groups in total. The van der Waals surface area contributed by atoms with Gasteiger partial charge in [0, 0.05) is 6.04 Å². The van der Waals surface area contributed by atoms with Gasteiger partial charge in [0.2, 0.25) is 0 Å². The fourth-order valence-corrected chi connectivity index (χ4v) is 1.87. The second-order valence-corrected chi connectivity index (χ2v) is 3.77. The molecule has 0 radical (unpaired) electrons. The van der Waals surface area contributed by atoms with Gasteiger partial charge in [-0.1, -0.05) is 12.1 Å².